The Morgan fingerprint density at radius 2 is 2.19 bits per heavy atom. The zero-order valence-electron chi connectivity index (χ0n) is 15.4. The first-order chi connectivity index (χ1) is 12.5. The summed E-state index contributed by atoms with van der Waals surface area (Å²) in [5.41, 5.74) is 6.22. The van der Waals surface area contributed by atoms with Crippen LogP contribution in [0.15, 0.2) is 30.5 Å². The van der Waals surface area contributed by atoms with E-state index in [4.69, 9.17) is 11.1 Å². The first-order valence-electron chi connectivity index (χ1n) is 9.17. The summed E-state index contributed by atoms with van der Waals surface area (Å²) in [6.45, 7) is 6.33. The van der Waals surface area contributed by atoms with Crippen LogP contribution in [-0.2, 0) is 0 Å². The van der Waals surface area contributed by atoms with Gasteiger partial charge in [0.2, 0.25) is 0 Å². The zero-order valence-corrected chi connectivity index (χ0v) is 15.4. The number of hydrogen-bond acceptors (Lipinski definition) is 5. The second-order valence-electron chi connectivity index (χ2n) is 7.39. The molecule has 1 aliphatic heterocycles. The fourth-order valence-electron chi connectivity index (χ4n) is 3.67. The SMILES string of the molecule is CC(C)CC1CCCN(c2ccc(F)c(C(=N)c3cccnc3N)n2)C1. The van der Waals surface area contributed by atoms with Crippen LogP contribution >= 0.6 is 0 Å². The van der Waals surface area contributed by atoms with Crippen molar-refractivity contribution >= 4 is 17.3 Å². The minimum absolute atomic E-state index is 0.0215. The Morgan fingerprint density at radius 3 is 2.92 bits per heavy atom. The van der Waals surface area contributed by atoms with Crippen molar-refractivity contribution in [1.82, 2.24) is 9.97 Å². The largest absolute Gasteiger partial charge is 0.383 e. The van der Waals surface area contributed by atoms with Crippen molar-refractivity contribution in [2.75, 3.05) is 23.7 Å². The Morgan fingerprint density at radius 1 is 1.38 bits per heavy atom. The molecule has 1 aliphatic rings. The van der Waals surface area contributed by atoms with Gasteiger partial charge in [0.1, 0.15) is 17.3 Å². The summed E-state index contributed by atoms with van der Waals surface area (Å²) in [5.74, 6) is 1.71. The lowest BCUT2D eigenvalue weighted by atomic mass is 9.90. The van der Waals surface area contributed by atoms with Crippen molar-refractivity contribution in [3.8, 4) is 0 Å². The van der Waals surface area contributed by atoms with Crippen molar-refractivity contribution in [3.63, 3.8) is 0 Å². The molecular formula is C20H26FN5. The first-order valence-corrected chi connectivity index (χ1v) is 9.17. The standard InChI is InChI=1S/C20H26FN5/c1-13(2)11-14-5-4-10-26(12-14)17-8-7-16(21)19(25-17)18(22)15-6-3-9-24-20(15)23/h3,6-9,13-14,22H,4-5,10-12H2,1-2H3,(H2,23,24). The van der Waals surface area contributed by atoms with Gasteiger partial charge in [-0.2, -0.15) is 0 Å². The summed E-state index contributed by atoms with van der Waals surface area (Å²) >= 11 is 0. The molecule has 6 heteroatoms. The third kappa shape index (κ3) is 4.00. The summed E-state index contributed by atoms with van der Waals surface area (Å²) in [4.78, 5) is 10.7. The third-order valence-electron chi connectivity index (χ3n) is 4.82. The maximum absolute atomic E-state index is 14.4. The molecular weight excluding hydrogens is 329 g/mol. The van der Waals surface area contributed by atoms with Crippen molar-refractivity contribution in [2.24, 2.45) is 11.8 Å². The fraction of sp³-hybridized carbons (Fsp3) is 0.450. The van der Waals surface area contributed by atoms with E-state index in [0.717, 1.165) is 25.3 Å². The number of hydrogen-bond donors (Lipinski definition) is 2. The number of nitrogen functional groups attached to an aromatic ring is 1. The minimum Gasteiger partial charge on any atom is -0.383 e. The average Bonchev–Trinajstić information content (AvgIpc) is 2.61. The van der Waals surface area contributed by atoms with Gasteiger partial charge in [-0.05, 0) is 55.4 Å². The second-order valence-corrected chi connectivity index (χ2v) is 7.39. The summed E-state index contributed by atoms with van der Waals surface area (Å²) in [6, 6.07) is 6.45. The van der Waals surface area contributed by atoms with Gasteiger partial charge >= 0.3 is 0 Å². The maximum atomic E-state index is 14.4. The number of aromatic nitrogens is 2. The van der Waals surface area contributed by atoms with E-state index in [9.17, 15) is 4.39 Å². The lowest BCUT2D eigenvalue weighted by Gasteiger charge is -2.34. The normalized spacial score (nSPS) is 17.5. The fourth-order valence-corrected chi connectivity index (χ4v) is 3.67. The Kier molecular flexibility index (Phi) is 5.49. The average molecular weight is 355 g/mol. The molecule has 1 fully saturated rings. The monoisotopic (exact) mass is 355 g/mol. The second kappa shape index (κ2) is 7.81. The predicted octanol–water partition coefficient (Wildman–Crippen LogP) is 3.88. The molecule has 2 aromatic heterocycles. The van der Waals surface area contributed by atoms with Gasteiger partial charge in [-0.15, -0.1) is 0 Å². The molecule has 1 unspecified atom stereocenters. The van der Waals surface area contributed by atoms with Crippen molar-refractivity contribution in [2.45, 2.75) is 33.1 Å². The molecule has 1 saturated heterocycles. The smallest absolute Gasteiger partial charge is 0.151 e. The molecule has 1 atom stereocenters. The number of rotatable bonds is 5. The number of nitrogens with two attached hydrogens (primary N) is 1. The summed E-state index contributed by atoms with van der Waals surface area (Å²) in [7, 11) is 0. The van der Waals surface area contributed by atoms with Gasteiger partial charge < -0.3 is 10.6 Å². The molecule has 0 aliphatic carbocycles. The van der Waals surface area contributed by atoms with Gasteiger partial charge in [-0.25, -0.2) is 14.4 Å². The summed E-state index contributed by atoms with van der Waals surface area (Å²) < 4.78 is 14.4. The van der Waals surface area contributed by atoms with Crippen molar-refractivity contribution in [1.29, 1.82) is 5.41 Å². The van der Waals surface area contributed by atoms with E-state index in [-0.39, 0.29) is 17.2 Å². The maximum Gasteiger partial charge on any atom is 0.151 e. The lowest BCUT2D eigenvalue weighted by molar-refractivity contribution is 0.346. The quantitative estimate of drug-likeness (QED) is 0.798. The molecule has 3 N–H and O–H groups in total. The van der Waals surface area contributed by atoms with Gasteiger partial charge in [0.15, 0.2) is 5.82 Å². The van der Waals surface area contributed by atoms with E-state index in [1.807, 2.05) is 0 Å². The van der Waals surface area contributed by atoms with E-state index < -0.39 is 5.82 Å². The Balaban J connectivity index is 1.86. The highest BCUT2D eigenvalue weighted by Gasteiger charge is 2.23. The third-order valence-corrected chi connectivity index (χ3v) is 4.82. The molecule has 0 saturated carbocycles. The van der Waals surface area contributed by atoms with Gasteiger partial charge in [0.05, 0.1) is 5.71 Å². The predicted molar refractivity (Wildman–Crippen MR) is 103 cm³/mol. The van der Waals surface area contributed by atoms with Crippen LogP contribution in [0.25, 0.3) is 0 Å². The van der Waals surface area contributed by atoms with Crippen LogP contribution in [0.1, 0.15) is 44.4 Å². The molecule has 5 nitrogen and oxygen atoms in total. The number of nitrogens with zero attached hydrogens (tertiary/aromatic N) is 3. The van der Waals surface area contributed by atoms with E-state index in [1.165, 1.54) is 18.9 Å². The molecule has 3 heterocycles. The molecule has 26 heavy (non-hydrogen) atoms. The van der Waals surface area contributed by atoms with Crippen LogP contribution in [0.5, 0.6) is 0 Å². The molecule has 0 radical (unpaired) electrons. The van der Waals surface area contributed by atoms with Gasteiger partial charge in [-0.3, -0.25) is 5.41 Å². The van der Waals surface area contributed by atoms with Crippen molar-refractivity contribution in [3.05, 3.63) is 47.5 Å². The van der Waals surface area contributed by atoms with Crippen LogP contribution in [0.2, 0.25) is 0 Å². The molecule has 2 aromatic rings. The van der Waals surface area contributed by atoms with Gasteiger partial charge in [0.25, 0.3) is 0 Å². The van der Waals surface area contributed by atoms with Crippen molar-refractivity contribution < 1.29 is 4.39 Å². The highest BCUT2D eigenvalue weighted by Crippen LogP contribution is 2.27. The molecule has 0 spiro atoms. The van der Waals surface area contributed by atoms with Crippen LogP contribution in [-0.4, -0.2) is 28.8 Å². The number of anilines is 2. The molecule has 3 rings (SSSR count). The van der Waals surface area contributed by atoms with E-state index >= 15 is 0 Å². The summed E-state index contributed by atoms with van der Waals surface area (Å²) in [6.07, 6.45) is 5.07. The zero-order chi connectivity index (χ0) is 18.7. The molecule has 0 aromatic carbocycles. The number of halogens is 1. The lowest BCUT2D eigenvalue weighted by Crippen LogP contribution is -2.36. The van der Waals surface area contributed by atoms with Crippen LogP contribution in [0, 0.1) is 23.1 Å². The van der Waals surface area contributed by atoms with Crippen LogP contribution < -0.4 is 10.6 Å². The minimum atomic E-state index is -0.516. The Hall–Kier alpha value is -2.50. The molecule has 138 valence electrons. The van der Waals surface area contributed by atoms with Gasteiger partial charge in [0, 0.05) is 24.8 Å². The highest BCUT2D eigenvalue weighted by molar-refractivity contribution is 6.12. The first kappa shape index (κ1) is 18.3. The molecule has 0 amide bonds. The summed E-state index contributed by atoms with van der Waals surface area (Å²) in [5, 5.41) is 8.35. The highest BCUT2D eigenvalue weighted by atomic mass is 19.1. The van der Waals surface area contributed by atoms with Crippen LogP contribution in [0.4, 0.5) is 16.0 Å². The topological polar surface area (TPSA) is 78.9 Å². The van der Waals surface area contributed by atoms with Crippen LogP contribution in [0.3, 0.4) is 0 Å². The molecule has 0 bridgehead atoms. The Bertz CT molecular complexity index is 790. The van der Waals surface area contributed by atoms with E-state index in [1.54, 1.807) is 24.4 Å². The Labute approximate surface area is 154 Å². The van der Waals surface area contributed by atoms with E-state index in [2.05, 4.69) is 28.7 Å². The number of piperidine rings is 1. The number of pyridine rings is 2. The number of nitrogens with one attached hydrogen (secondary N) is 1. The van der Waals surface area contributed by atoms with E-state index in [0.29, 0.717) is 17.4 Å². The van der Waals surface area contributed by atoms with Gasteiger partial charge in [-0.1, -0.05) is 13.8 Å².